The molecule has 94 valence electrons. The second-order valence-electron chi connectivity index (χ2n) is 4.32. The average Bonchev–Trinajstić information content (AvgIpc) is 2.76. The molecule has 1 aromatic rings. The van der Waals surface area contributed by atoms with Gasteiger partial charge in [-0.1, -0.05) is 0 Å². The van der Waals surface area contributed by atoms with E-state index in [1.807, 2.05) is 6.92 Å². The van der Waals surface area contributed by atoms with Crippen LogP contribution < -0.4 is 0 Å². The fraction of sp³-hybridized carbons (Fsp3) is 0.636. The summed E-state index contributed by atoms with van der Waals surface area (Å²) in [6.07, 6.45) is 1.45. The Kier molecular flexibility index (Phi) is 3.44. The first-order valence-electron chi connectivity index (χ1n) is 5.65. The minimum atomic E-state index is -0.293. The van der Waals surface area contributed by atoms with Gasteiger partial charge < -0.3 is 14.7 Å². The normalized spacial score (nSPS) is 25.0. The molecular weight excluding hydrogens is 222 g/mol. The Morgan fingerprint density at radius 3 is 3.06 bits per heavy atom. The van der Waals surface area contributed by atoms with Crippen molar-refractivity contribution >= 4 is 5.91 Å². The summed E-state index contributed by atoms with van der Waals surface area (Å²) in [4.78, 5) is 13.9. The lowest BCUT2D eigenvalue weighted by atomic mass is 10.2. The second kappa shape index (κ2) is 4.85. The third kappa shape index (κ3) is 2.48. The Morgan fingerprint density at radius 2 is 2.47 bits per heavy atom. The zero-order chi connectivity index (χ0) is 12.4. The maximum absolute atomic E-state index is 12.2. The van der Waals surface area contributed by atoms with Crippen molar-refractivity contribution in [2.45, 2.75) is 19.1 Å². The van der Waals surface area contributed by atoms with Crippen molar-refractivity contribution in [3.05, 3.63) is 18.0 Å². The van der Waals surface area contributed by atoms with Gasteiger partial charge in [-0.15, -0.1) is 0 Å². The number of aromatic nitrogens is 2. The molecule has 0 radical (unpaired) electrons. The Hall–Kier alpha value is -1.40. The minimum absolute atomic E-state index is 0.00676. The van der Waals surface area contributed by atoms with E-state index in [4.69, 9.17) is 9.84 Å². The maximum Gasteiger partial charge on any atom is 0.274 e. The van der Waals surface area contributed by atoms with E-state index >= 15 is 0 Å². The topological polar surface area (TPSA) is 67.6 Å². The molecule has 1 saturated heterocycles. The van der Waals surface area contributed by atoms with E-state index in [1.54, 1.807) is 28.9 Å². The molecule has 0 aromatic carbocycles. The highest BCUT2D eigenvalue weighted by molar-refractivity contribution is 5.92. The molecule has 17 heavy (non-hydrogen) atoms. The Morgan fingerprint density at radius 1 is 1.71 bits per heavy atom. The van der Waals surface area contributed by atoms with Crippen LogP contribution >= 0.6 is 0 Å². The van der Waals surface area contributed by atoms with E-state index in [1.165, 1.54) is 0 Å². The van der Waals surface area contributed by atoms with Gasteiger partial charge in [0.15, 0.2) is 0 Å². The van der Waals surface area contributed by atoms with E-state index in [9.17, 15) is 4.79 Å². The summed E-state index contributed by atoms with van der Waals surface area (Å²) in [6.45, 7) is 2.71. The number of aryl methyl sites for hydroxylation is 1. The van der Waals surface area contributed by atoms with E-state index in [-0.39, 0.29) is 24.7 Å². The first kappa shape index (κ1) is 12.1. The largest absolute Gasteiger partial charge is 0.394 e. The predicted octanol–water partition coefficient (Wildman–Crippen LogP) is -0.358. The van der Waals surface area contributed by atoms with Gasteiger partial charge in [-0.3, -0.25) is 9.48 Å². The summed E-state index contributed by atoms with van der Waals surface area (Å²) in [7, 11) is 1.77. The molecule has 2 atom stereocenters. The number of morpholine rings is 1. The van der Waals surface area contributed by atoms with Crippen LogP contribution in [0.2, 0.25) is 0 Å². The van der Waals surface area contributed by atoms with Gasteiger partial charge in [0.25, 0.3) is 5.91 Å². The lowest BCUT2D eigenvalue weighted by molar-refractivity contribution is -0.0668. The van der Waals surface area contributed by atoms with Crippen molar-refractivity contribution in [2.24, 2.45) is 7.05 Å². The highest BCUT2D eigenvalue weighted by Crippen LogP contribution is 2.14. The molecule has 0 aliphatic carbocycles. The number of ether oxygens (including phenoxy) is 1. The molecule has 6 nitrogen and oxygen atoms in total. The third-order valence-corrected chi connectivity index (χ3v) is 2.90. The zero-order valence-corrected chi connectivity index (χ0v) is 10.0. The van der Waals surface area contributed by atoms with Gasteiger partial charge in [0.2, 0.25) is 0 Å². The smallest absolute Gasteiger partial charge is 0.274 e. The number of nitrogens with zero attached hydrogens (tertiary/aromatic N) is 3. The Balaban J connectivity index is 2.12. The zero-order valence-electron chi connectivity index (χ0n) is 10.0. The summed E-state index contributed by atoms with van der Waals surface area (Å²) >= 11 is 0. The van der Waals surface area contributed by atoms with Gasteiger partial charge >= 0.3 is 0 Å². The molecule has 2 rings (SSSR count). The number of hydrogen-bond acceptors (Lipinski definition) is 4. The van der Waals surface area contributed by atoms with E-state index in [2.05, 4.69) is 5.10 Å². The van der Waals surface area contributed by atoms with Crippen molar-refractivity contribution < 1.29 is 14.6 Å². The molecule has 1 N–H and O–H groups in total. The molecule has 1 amide bonds. The Labute approximate surface area is 99.8 Å². The van der Waals surface area contributed by atoms with Gasteiger partial charge in [-0.05, 0) is 13.0 Å². The highest BCUT2D eigenvalue weighted by Gasteiger charge is 2.30. The first-order chi connectivity index (χ1) is 8.11. The fourth-order valence-electron chi connectivity index (χ4n) is 1.89. The number of amides is 1. The summed E-state index contributed by atoms with van der Waals surface area (Å²) in [5.41, 5.74) is 0.429. The van der Waals surface area contributed by atoms with Crippen LogP contribution in [0.4, 0.5) is 0 Å². The molecule has 0 bridgehead atoms. The molecule has 0 spiro atoms. The minimum Gasteiger partial charge on any atom is -0.394 e. The molecule has 1 aromatic heterocycles. The number of hydrogen-bond donors (Lipinski definition) is 1. The van der Waals surface area contributed by atoms with E-state index < -0.39 is 0 Å². The van der Waals surface area contributed by atoms with Gasteiger partial charge in [0.1, 0.15) is 5.69 Å². The summed E-state index contributed by atoms with van der Waals surface area (Å²) in [5.74, 6) is -0.111. The van der Waals surface area contributed by atoms with Crippen LogP contribution in [0.1, 0.15) is 17.4 Å². The van der Waals surface area contributed by atoms with Crippen molar-refractivity contribution in [1.29, 1.82) is 0 Å². The van der Waals surface area contributed by atoms with Crippen molar-refractivity contribution in [3.8, 4) is 0 Å². The number of carbonyl (C=O) groups excluding carboxylic acids is 1. The molecule has 2 unspecified atom stereocenters. The monoisotopic (exact) mass is 239 g/mol. The molecule has 1 aliphatic heterocycles. The van der Waals surface area contributed by atoms with Gasteiger partial charge in [0.05, 0.1) is 25.4 Å². The van der Waals surface area contributed by atoms with E-state index in [0.29, 0.717) is 18.8 Å². The first-order valence-corrected chi connectivity index (χ1v) is 5.65. The lowest BCUT2D eigenvalue weighted by Crippen LogP contribution is -2.52. The van der Waals surface area contributed by atoms with Crippen molar-refractivity contribution in [2.75, 3.05) is 19.8 Å². The molecule has 2 heterocycles. The van der Waals surface area contributed by atoms with Crippen molar-refractivity contribution in [3.63, 3.8) is 0 Å². The van der Waals surface area contributed by atoms with Crippen LogP contribution in [0.5, 0.6) is 0 Å². The van der Waals surface area contributed by atoms with Crippen LogP contribution in [0, 0.1) is 0 Å². The van der Waals surface area contributed by atoms with E-state index in [0.717, 1.165) is 0 Å². The lowest BCUT2D eigenvalue weighted by Gasteiger charge is -2.37. The van der Waals surface area contributed by atoms with Gasteiger partial charge in [-0.2, -0.15) is 5.10 Å². The fourth-order valence-corrected chi connectivity index (χ4v) is 1.89. The quantitative estimate of drug-likeness (QED) is 0.765. The van der Waals surface area contributed by atoms with Crippen LogP contribution in [-0.2, 0) is 11.8 Å². The Bertz CT molecular complexity index is 404. The number of carbonyl (C=O) groups is 1. The summed E-state index contributed by atoms with van der Waals surface area (Å²) in [5, 5.41) is 13.2. The number of rotatable bonds is 2. The standard InChI is InChI=1S/C11H17N3O3/c1-8-7-17-9(6-15)5-14(8)11(16)10-3-4-13(2)12-10/h3-4,8-9,15H,5-7H2,1-2H3. The predicted molar refractivity (Wildman–Crippen MR) is 60.5 cm³/mol. The maximum atomic E-state index is 12.2. The second-order valence-corrected chi connectivity index (χ2v) is 4.32. The van der Waals surface area contributed by atoms with Crippen LogP contribution in [-0.4, -0.2) is 57.6 Å². The molecule has 1 aliphatic rings. The highest BCUT2D eigenvalue weighted by atomic mass is 16.5. The molecule has 1 fully saturated rings. The van der Waals surface area contributed by atoms with Crippen molar-refractivity contribution in [1.82, 2.24) is 14.7 Å². The third-order valence-electron chi connectivity index (χ3n) is 2.90. The molecule has 0 saturated carbocycles. The van der Waals surface area contributed by atoms with Crippen LogP contribution in [0.3, 0.4) is 0 Å². The average molecular weight is 239 g/mol. The van der Waals surface area contributed by atoms with Crippen LogP contribution in [0.25, 0.3) is 0 Å². The number of aliphatic hydroxyl groups excluding tert-OH is 1. The van der Waals surface area contributed by atoms with Gasteiger partial charge in [0, 0.05) is 19.8 Å². The molecular formula is C11H17N3O3. The van der Waals surface area contributed by atoms with Gasteiger partial charge in [-0.25, -0.2) is 0 Å². The SMILES string of the molecule is CC1COC(CO)CN1C(=O)c1ccn(C)n1. The van der Waals surface area contributed by atoms with Crippen LogP contribution in [0.15, 0.2) is 12.3 Å². The number of aliphatic hydroxyl groups is 1. The summed E-state index contributed by atoms with van der Waals surface area (Å²) in [6, 6.07) is 1.70. The summed E-state index contributed by atoms with van der Waals surface area (Å²) < 4.78 is 6.99. The molecule has 6 heteroatoms.